The molecule has 0 radical (unpaired) electrons. The van der Waals surface area contributed by atoms with Crippen molar-refractivity contribution in [3.63, 3.8) is 0 Å². The van der Waals surface area contributed by atoms with Gasteiger partial charge in [-0.05, 0) is 6.42 Å². The van der Waals surface area contributed by atoms with E-state index in [0.29, 0.717) is 32.1 Å². The lowest BCUT2D eigenvalue weighted by atomic mass is 10.4. The molecule has 1 rings (SSSR count). The van der Waals surface area contributed by atoms with Gasteiger partial charge in [0.25, 0.3) is 0 Å². The van der Waals surface area contributed by atoms with Gasteiger partial charge in [0.15, 0.2) is 0 Å². The molecule has 1 heterocycles. The molecule has 0 bridgehead atoms. The molecule has 1 fully saturated rings. The van der Waals surface area contributed by atoms with Crippen LogP contribution in [-0.2, 0) is 0 Å². The Balaban J connectivity index is 2.16. The number of rotatable bonds is 4. The molecule has 13 heavy (non-hydrogen) atoms. The molecule has 0 atom stereocenters. The maximum Gasteiger partial charge on any atom is 0.408 e. The summed E-state index contributed by atoms with van der Waals surface area (Å²) in [5, 5.41) is 2.68. The fraction of sp³-hybridized carbons (Fsp3) is 0.833. The Hall–Kier alpha value is -0.113. The number of urea groups is 1. The molecule has 2 amide bonds. The van der Waals surface area contributed by atoms with Crippen LogP contribution in [-0.4, -0.2) is 47.3 Å². The van der Waals surface area contributed by atoms with E-state index >= 15 is 0 Å². The lowest BCUT2D eigenvalue weighted by molar-refractivity contribution is 0.217. The Bertz CT molecular complexity index is 197. The second-order valence-corrected chi connectivity index (χ2v) is 8.79. The first-order valence-corrected chi connectivity index (χ1v) is 8.51. The highest BCUT2D eigenvalue weighted by Gasteiger charge is 2.25. The second kappa shape index (κ2) is 4.40. The zero-order chi connectivity index (χ0) is 9.90. The van der Waals surface area contributed by atoms with Crippen molar-refractivity contribution >= 4 is 28.5 Å². The molecule has 1 aliphatic heterocycles. The molecular formula is C6H13BrN2O3Si. The van der Waals surface area contributed by atoms with Gasteiger partial charge < -0.3 is 19.8 Å². The van der Waals surface area contributed by atoms with Crippen molar-refractivity contribution < 1.29 is 14.4 Å². The van der Waals surface area contributed by atoms with E-state index in [2.05, 4.69) is 20.6 Å². The molecule has 0 spiro atoms. The highest BCUT2D eigenvalue weighted by atomic mass is 79.9. The Morgan fingerprint density at radius 3 is 2.77 bits per heavy atom. The lowest BCUT2D eigenvalue weighted by Gasteiger charge is -2.15. The number of hydrogen-bond donors (Lipinski definition) is 3. The molecule has 1 saturated heterocycles. The first-order chi connectivity index (χ1) is 5.99. The SMILES string of the molecule is O=C1NCCN1CCC[Si](O)(O)Br. The van der Waals surface area contributed by atoms with Crippen LogP contribution in [0.2, 0.25) is 6.04 Å². The summed E-state index contributed by atoms with van der Waals surface area (Å²) in [7, 11) is -3.10. The Morgan fingerprint density at radius 2 is 2.31 bits per heavy atom. The van der Waals surface area contributed by atoms with Crippen LogP contribution in [0.5, 0.6) is 0 Å². The highest BCUT2D eigenvalue weighted by molar-refractivity contribution is 9.25. The molecule has 0 aromatic heterocycles. The average molecular weight is 269 g/mol. The van der Waals surface area contributed by atoms with Gasteiger partial charge in [-0.25, -0.2) is 4.79 Å². The van der Waals surface area contributed by atoms with Gasteiger partial charge in [-0.3, -0.25) is 0 Å². The molecule has 76 valence electrons. The van der Waals surface area contributed by atoms with Crippen LogP contribution in [0.25, 0.3) is 0 Å². The van der Waals surface area contributed by atoms with E-state index < -0.39 is 7.18 Å². The van der Waals surface area contributed by atoms with Crippen molar-refractivity contribution in [1.29, 1.82) is 0 Å². The zero-order valence-electron chi connectivity index (χ0n) is 7.16. The van der Waals surface area contributed by atoms with Gasteiger partial charge in [0.2, 0.25) is 0 Å². The maximum atomic E-state index is 11.0. The van der Waals surface area contributed by atoms with E-state index in [9.17, 15) is 4.79 Å². The number of amides is 2. The third kappa shape index (κ3) is 4.07. The van der Waals surface area contributed by atoms with E-state index in [1.54, 1.807) is 4.90 Å². The van der Waals surface area contributed by atoms with E-state index in [4.69, 9.17) is 9.59 Å². The minimum absolute atomic E-state index is 0.0577. The summed E-state index contributed by atoms with van der Waals surface area (Å²) in [6.45, 7) is 1.99. The van der Waals surface area contributed by atoms with Crippen LogP contribution in [0.15, 0.2) is 0 Å². The molecule has 3 N–H and O–H groups in total. The fourth-order valence-electron chi connectivity index (χ4n) is 1.22. The highest BCUT2D eigenvalue weighted by Crippen LogP contribution is 2.13. The summed E-state index contributed by atoms with van der Waals surface area (Å²) in [6.07, 6.45) is 0.623. The average Bonchev–Trinajstić information content (AvgIpc) is 2.34. The minimum atomic E-state index is -3.10. The number of nitrogens with zero attached hydrogens (tertiary/aromatic N) is 1. The van der Waals surface area contributed by atoms with E-state index in [-0.39, 0.29) is 6.03 Å². The summed E-state index contributed by atoms with van der Waals surface area (Å²) in [4.78, 5) is 30.8. The van der Waals surface area contributed by atoms with Gasteiger partial charge in [-0.2, -0.15) is 0 Å². The van der Waals surface area contributed by atoms with Crippen molar-refractivity contribution in [3.8, 4) is 0 Å². The third-order valence-electron chi connectivity index (χ3n) is 1.87. The van der Waals surface area contributed by atoms with Crippen LogP contribution in [0, 0.1) is 0 Å². The third-order valence-corrected chi connectivity index (χ3v) is 4.05. The summed E-state index contributed by atoms with van der Waals surface area (Å²) in [5.41, 5.74) is 0. The minimum Gasteiger partial charge on any atom is -0.403 e. The van der Waals surface area contributed by atoms with Gasteiger partial charge in [0.1, 0.15) is 0 Å². The summed E-state index contributed by atoms with van der Waals surface area (Å²) < 4.78 is 0. The normalized spacial score (nSPS) is 17.8. The van der Waals surface area contributed by atoms with Gasteiger partial charge in [-0.15, -0.1) is 0 Å². The van der Waals surface area contributed by atoms with E-state index in [1.807, 2.05) is 0 Å². The monoisotopic (exact) mass is 268 g/mol. The number of carbonyl (C=O) groups is 1. The smallest absolute Gasteiger partial charge is 0.403 e. The van der Waals surface area contributed by atoms with Crippen molar-refractivity contribution in [3.05, 3.63) is 0 Å². The largest absolute Gasteiger partial charge is 0.408 e. The standard InChI is InChI=1S/C6H13BrN2O3Si/c7-13(11,12)5-1-3-9-4-2-8-6(9)10/h11-12H,1-5H2,(H,8,10). The molecule has 5 nitrogen and oxygen atoms in total. The Labute approximate surface area is 85.6 Å². The first-order valence-electron chi connectivity index (χ1n) is 4.15. The van der Waals surface area contributed by atoms with Crippen LogP contribution in [0.1, 0.15) is 6.42 Å². The van der Waals surface area contributed by atoms with Gasteiger partial charge >= 0.3 is 13.2 Å². The molecule has 1 aliphatic rings. The van der Waals surface area contributed by atoms with Gasteiger partial charge in [0.05, 0.1) is 0 Å². The van der Waals surface area contributed by atoms with Crippen LogP contribution in [0.3, 0.4) is 0 Å². The Kier molecular flexibility index (Phi) is 3.71. The topological polar surface area (TPSA) is 72.8 Å². The lowest BCUT2D eigenvalue weighted by Crippen LogP contribution is -2.31. The van der Waals surface area contributed by atoms with Crippen LogP contribution in [0.4, 0.5) is 4.79 Å². The van der Waals surface area contributed by atoms with Crippen molar-refractivity contribution in [1.82, 2.24) is 10.2 Å². The molecule has 0 aromatic rings. The predicted octanol–water partition coefficient (Wildman–Crippen LogP) is -0.280. The molecule has 0 aliphatic carbocycles. The summed E-state index contributed by atoms with van der Waals surface area (Å²) in [5.74, 6) is 0. The van der Waals surface area contributed by atoms with Crippen molar-refractivity contribution in [2.45, 2.75) is 12.5 Å². The number of hydrogen-bond acceptors (Lipinski definition) is 3. The Morgan fingerprint density at radius 1 is 1.62 bits per heavy atom. The first kappa shape index (κ1) is 11.0. The maximum absolute atomic E-state index is 11.0. The number of halogens is 1. The second-order valence-electron chi connectivity index (χ2n) is 3.04. The van der Waals surface area contributed by atoms with Crippen molar-refractivity contribution in [2.24, 2.45) is 0 Å². The molecule has 0 aromatic carbocycles. The molecule has 0 unspecified atom stereocenters. The molecule has 0 saturated carbocycles. The summed E-state index contributed by atoms with van der Waals surface area (Å²) in [6, 6.07) is 0.286. The predicted molar refractivity (Wildman–Crippen MR) is 53.5 cm³/mol. The van der Waals surface area contributed by atoms with Gasteiger partial charge in [-0.1, -0.05) is 15.3 Å². The summed E-state index contributed by atoms with van der Waals surface area (Å²) >= 11 is 2.83. The van der Waals surface area contributed by atoms with E-state index in [1.165, 1.54) is 0 Å². The number of carbonyl (C=O) groups excluding carboxylic acids is 1. The van der Waals surface area contributed by atoms with Gasteiger partial charge in [0, 0.05) is 25.7 Å². The van der Waals surface area contributed by atoms with Crippen LogP contribution >= 0.6 is 15.3 Å². The molecule has 7 heteroatoms. The van der Waals surface area contributed by atoms with Crippen molar-refractivity contribution in [2.75, 3.05) is 19.6 Å². The quantitative estimate of drug-likeness (QED) is 0.485. The van der Waals surface area contributed by atoms with Crippen LogP contribution < -0.4 is 5.32 Å². The fourth-order valence-corrected chi connectivity index (χ4v) is 2.67. The van der Waals surface area contributed by atoms with E-state index in [0.717, 1.165) is 0 Å². The molecular weight excluding hydrogens is 256 g/mol. The zero-order valence-corrected chi connectivity index (χ0v) is 9.75. The number of nitrogens with one attached hydrogen (secondary N) is 1.